The first-order valence-corrected chi connectivity index (χ1v) is 11.5. The van der Waals surface area contributed by atoms with Gasteiger partial charge in [-0.05, 0) is 43.2 Å². The molecule has 0 saturated carbocycles. The lowest BCUT2D eigenvalue weighted by atomic mass is 10.1. The van der Waals surface area contributed by atoms with Crippen molar-refractivity contribution in [1.82, 2.24) is 9.21 Å². The third kappa shape index (κ3) is 5.46. The minimum absolute atomic E-state index is 0.152. The van der Waals surface area contributed by atoms with Gasteiger partial charge in [-0.3, -0.25) is 14.9 Å². The number of nitrogens with zero attached hydrogens (tertiary/aromatic N) is 3. The Balaban J connectivity index is 1.52. The summed E-state index contributed by atoms with van der Waals surface area (Å²) in [5.74, 6) is -0.320. The van der Waals surface area contributed by atoms with E-state index in [1.165, 1.54) is 16.4 Å². The molecule has 0 spiro atoms. The van der Waals surface area contributed by atoms with Gasteiger partial charge in [0.25, 0.3) is 5.69 Å². The summed E-state index contributed by atoms with van der Waals surface area (Å²) in [5, 5.41) is 13.6. The zero-order valence-corrected chi connectivity index (χ0v) is 18.4. The summed E-state index contributed by atoms with van der Waals surface area (Å²) in [4.78, 5) is 25.1. The summed E-state index contributed by atoms with van der Waals surface area (Å²) >= 11 is 0. The van der Waals surface area contributed by atoms with Gasteiger partial charge in [-0.25, -0.2) is 8.42 Å². The van der Waals surface area contributed by atoms with Crippen LogP contribution in [0.25, 0.3) is 0 Å². The summed E-state index contributed by atoms with van der Waals surface area (Å²) in [6, 6.07) is 11.1. The lowest BCUT2D eigenvalue weighted by Crippen LogP contribution is -2.49. The second-order valence-corrected chi connectivity index (χ2v) is 9.50. The number of hydrogen-bond acceptors (Lipinski definition) is 6. The van der Waals surface area contributed by atoms with Crippen LogP contribution in [0.2, 0.25) is 0 Å². The number of aryl methyl sites for hydroxylation is 2. The normalized spacial score (nSPS) is 15.5. The highest BCUT2D eigenvalue weighted by atomic mass is 32.2. The monoisotopic (exact) mass is 446 g/mol. The van der Waals surface area contributed by atoms with Crippen molar-refractivity contribution in [2.45, 2.75) is 25.2 Å². The van der Waals surface area contributed by atoms with E-state index in [0.29, 0.717) is 37.6 Å². The van der Waals surface area contributed by atoms with Gasteiger partial charge < -0.3 is 10.2 Å². The topological polar surface area (TPSA) is 113 Å². The molecule has 0 radical (unpaired) electrons. The maximum atomic E-state index is 12.9. The molecule has 0 aromatic heterocycles. The highest BCUT2D eigenvalue weighted by Crippen LogP contribution is 2.23. The van der Waals surface area contributed by atoms with Crippen LogP contribution in [-0.4, -0.2) is 61.2 Å². The fourth-order valence-corrected chi connectivity index (χ4v) is 4.94. The Morgan fingerprint density at radius 1 is 1.06 bits per heavy atom. The molecule has 1 saturated heterocycles. The minimum atomic E-state index is -3.55. The molecule has 0 unspecified atom stereocenters. The first kappa shape index (κ1) is 22.9. The number of piperazine rings is 1. The Morgan fingerprint density at radius 2 is 1.74 bits per heavy atom. The lowest BCUT2D eigenvalue weighted by molar-refractivity contribution is -0.383. The van der Waals surface area contributed by atoms with Crippen LogP contribution in [0, 0.1) is 24.0 Å². The number of nitro benzene ring substituents is 1. The molecule has 2 aromatic rings. The van der Waals surface area contributed by atoms with Crippen molar-refractivity contribution < 1.29 is 18.1 Å². The highest BCUT2D eigenvalue weighted by Gasteiger charge is 2.28. The van der Waals surface area contributed by atoms with Gasteiger partial charge in [0.2, 0.25) is 15.9 Å². The molecule has 1 amide bonds. The number of rotatable bonds is 7. The second kappa shape index (κ2) is 9.54. The van der Waals surface area contributed by atoms with Crippen LogP contribution >= 0.6 is 0 Å². The Morgan fingerprint density at radius 3 is 2.39 bits per heavy atom. The van der Waals surface area contributed by atoms with Gasteiger partial charge in [0.15, 0.2) is 0 Å². The molecule has 166 valence electrons. The zero-order chi connectivity index (χ0) is 22.6. The van der Waals surface area contributed by atoms with E-state index in [1.54, 1.807) is 24.3 Å². The predicted octanol–water partition coefficient (Wildman–Crippen LogP) is 2.55. The first-order valence-electron chi connectivity index (χ1n) is 10.0. The second-order valence-electron chi connectivity index (χ2n) is 7.56. The molecule has 0 atom stereocenters. The molecule has 1 heterocycles. The SMILES string of the molecule is Cc1ccc(S(=O)(=O)N2CCN(CCC(=O)Nc3ccccc3[N+](=O)[O-])CC2)cc1C. The van der Waals surface area contributed by atoms with E-state index in [-0.39, 0.29) is 23.7 Å². The van der Waals surface area contributed by atoms with Gasteiger partial charge in [-0.2, -0.15) is 4.31 Å². The maximum absolute atomic E-state index is 12.9. The van der Waals surface area contributed by atoms with Gasteiger partial charge in [0.1, 0.15) is 5.69 Å². The van der Waals surface area contributed by atoms with Gasteiger partial charge in [-0.15, -0.1) is 0 Å². The molecular formula is C21H26N4O5S. The lowest BCUT2D eigenvalue weighted by Gasteiger charge is -2.33. The van der Waals surface area contributed by atoms with Crippen LogP contribution in [0.5, 0.6) is 0 Å². The van der Waals surface area contributed by atoms with Crippen molar-refractivity contribution in [2.24, 2.45) is 0 Å². The molecule has 2 aromatic carbocycles. The van der Waals surface area contributed by atoms with Crippen LogP contribution in [0.4, 0.5) is 11.4 Å². The molecule has 3 rings (SSSR count). The fourth-order valence-electron chi connectivity index (χ4n) is 3.43. The highest BCUT2D eigenvalue weighted by molar-refractivity contribution is 7.89. The number of para-hydroxylation sites is 2. The summed E-state index contributed by atoms with van der Waals surface area (Å²) in [7, 11) is -3.55. The van der Waals surface area contributed by atoms with E-state index in [9.17, 15) is 23.3 Å². The van der Waals surface area contributed by atoms with Gasteiger partial charge in [0.05, 0.1) is 9.82 Å². The largest absolute Gasteiger partial charge is 0.320 e. The van der Waals surface area contributed by atoms with Crippen molar-refractivity contribution in [3.63, 3.8) is 0 Å². The molecule has 1 aliphatic rings. The van der Waals surface area contributed by atoms with Gasteiger partial charge in [-0.1, -0.05) is 18.2 Å². The summed E-state index contributed by atoms with van der Waals surface area (Å²) in [6.45, 7) is 6.01. The molecule has 10 heteroatoms. The Labute approximate surface area is 181 Å². The number of benzene rings is 2. The summed E-state index contributed by atoms with van der Waals surface area (Å²) < 4.78 is 27.3. The summed E-state index contributed by atoms with van der Waals surface area (Å²) in [5.41, 5.74) is 2.00. The smallest absolute Gasteiger partial charge is 0.292 e. The average molecular weight is 447 g/mol. The van der Waals surface area contributed by atoms with Crippen molar-refractivity contribution in [3.05, 3.63) is 63.7 Å². The third-order valence-corrected chi connectivity index (χ3v) is 7.37. The Hall–Kier alpha value is -2.82. The Kier molecular flexibility index (Phi) is 7.04. The zero-order valence-electron chi connectivity index (χ0n) is 17.6. The molecule has 0 bridgehead atoms. The maximum Gasteiger partial charge on any atom is 0.292 e. The van der Waals surface area contributed by atoms with E-state index < -0.39 is 14.9 Å². The number of nitro groups is 1. The van der Waals surface area contributed by atoms with Crippen molar-refractivity contribution >= 4 is 27.3 Å². The van der Waals surface area contributed by atoms with Gasteiger partial charge >= 0.3 is 0 Å². The molecule has 1 aliphatic heterocycles. The molecule has 1 fully saturated rings. The minimum Gasteiger partial charge on any atom is -0.320 e. The van der Waals surface area contributed by atoms with Crippen LogP contribution in [0.15, 0.2) is 47.4 Å². The first-order chi connectivity index (χ1) is 14.7. The number of nitrogens with one attached hydrogen (secondary N) is 1. The van der Waals surface area contributed by atoms with Crippen LogP contribution < -0.4 is 5.32 Å². The van der Waals surface area contributed by atoms with E-state index >= 15 is 0 Å². The van der Waals surface area contributed by atoms with E-state index in [0.717, 1.165) is 11.1 Å². The molecular weight excluding hydrogens is 420 g/mol. The van der Waals surface area contributed by atoms with Crippen LogP contribution in [-0.2, 0) is 14.8 Å². The van der Waals surface area contributed by atoms with Crippen LogP contribution in [0.3, 0.4) is 0 Å². The standard InChI is InChI=1S/C21H26N4O5S/c1-16-7-8-18(15-17(16)2)31(29,30)24-13-11-23(12-14-24)10-9-21(26)22-19-5-3-4-6-20(19)25(27)28/h3-8,15H,9-14H2,1-2H3,(H,22,26). The third-order valence-electron chi connectivity index (χ3n) is 5.48. The molecule has 31 heavy (non-hydrogen) atoms. The van der Waals surface area contributed by atoms with Gasteiger partial charge in [0, 0.05) is 45.2 Å². The average Bonchev–Trinajstić information content (AvgIpc) is 2.74. The fraction of sp³-hybridized carbons (Fsp3) is 0.381. The van der Waals surface area contributed by atoms with E-state index in [1.807, 2.05) is 24.8 Å². The predicted molar refractivity (Wildman–Crippen MR) is 117 cm³/mol. The molecule has 9 nitrogen and oxygen atoms in total. The number of hydrogen-bond donors (Lipinski definition) is 1. The quantitative estimate of drug-likeness (QED) is 0.517. The van der Waals surface area contributed by atoms with Crippen molar-refractivity contribution in [3.8, 4) is 0 Å². The molecule has 0 aliphatic carbocycles. The van der Waals surface area contributed by atoms with E-state index in [4.69, 9.17) is 0 Å². The van der Waals surface area contributed by atoms with E-state index in [2.05, 4.69) is 5.32 Å². The number of amides is 1. The van der Waals surface area contributed by atoms with Crippen LogP contribution in [0.1, 0.15) is 17.5 Å². The number of sulfonamides is 1. The number of carbonyl (C=O) groups is 1. The molecule has 1 N–H and O–H groups in total. The Bertz CT molecular complexity index is 1080. The van der Waals surface area contributed by atoms with Crippen molar-refractivity contribution in [1.29, 1.82) is 0 Å². The number of carbonyl (C=O) groups excluding carboxylic acids is 1. The van der Waals surface area contributed by atoms with Crippen molar-refractivity contribution in [2.75, 3.05) is 38.0 Å². The summed E-state index contributed by atoms with van der Waals surface area (Å²) in [6.07, 6.45) is 0.163. The number of anilines is 1.